The lowest BCUT2D eigenvalue weighted by molar-refractivity contribution is -0.126. The highest BCUT2D eigenvalue weighted by Gasteiger charge is 2.12. The van der Waals surface area contributed by atoms with Crippen molar-refractivity contribution in [1.82, 2.24) is 4.90 Å². The summed E-state index contributed by atoms with van der Waals surface area (Å²) in [6.07, 6.45) is 0. The van der Waals surface area contributed by atoms with Gasteiger partial charge in [-0.25, -0.2) is 13.2 Å². The number of nitrogens with zero attached hydrogens (tertiary/aromatic N) is 1. The number of nitrogens with one attached hydrogen (secondary N) is 1. The molecule has 0 spiro atoms. The lowest BCUT2D eigenvalue weighted by Crippen LogP contribution is -2.28. The second-order valence-electron chi connectivity index (χ2n) is 3.39. The molecule has 0 aliphatic carbocycles. The molecule has 0 fully saturated rings. The summed E-state index contributed by atoms with van der Waals surface area (Å²) in [4.78, 5) is 12.4. The molecule has 0 radical (unpaired) electrons. The highest BCUT2D eigenvalue weighted by Crippen LogP contribution is 2.18. The van der Waals surface area contributed by atoms with Gasteiger partial charge in [0.05, 0.1) is 12.2 Å². The molecule has 0 saturated heterocycles. The average Bonchev–Trinajstić information content (AvgIpc) is 2.20. The molecule has 6 heteroatoms. The van der Waals surface area contributed by atoms with Gasteiger partial charge in [-0.1, -0.05) is 0 Å². The molecule has 0 bridgehead atoms. The summed E-state index contributed by atoms with van der Waals surface area (Å²) in [5, 5.41) is 2.33. The van der Waals surface area contributed by atoms with Crippen LogP contribution < -0.4 is 5.32 Å². The first-order valence-corrected chi connectivity index (χ1v) is 4.50. The summed E-state index contributed by atoms with van der Waals surface area (Å²) in [6.45, 7) is -0.229. The fraction of sp³-hybridized carbons (Fsp3) is 0.300. The zero-order valence-electron chi connectivity index (χ0n) is 8.85. The van der Waals surface area contributed by atoms with Crippen molar-refractivity contribution >= 4 is 11.6 Å². The van der Waals surface area contributed by atoms with Crippen LogP contribution in [0, 0.1) is 17.5 Å². The van der Waals surface area contributed by atoms with Crippen LogP contribution in [-0.4, -0.2) is 31.4 Å². The zero-order valence-corrected chi connectivity index (χ0v) is 8.85. The number of carbonyl (C=O) groups is 1. The Labute approximate surface area is 90.9 Å². The Morgan fingerprint density at radius 3 is 2.50 bits per heavy atom. The van der Waals surface area contributed by atoms with Crippen molar-refractivity contribution in [1.29, 1.82) is 0 Å². The Morgan fingerprint density at radius 1 is 1.31 bits per heavy atom. The standard InChI is InChI=1S/C10H11F3N2O/c1-15(2)9(16)5-14-8-4-6(11)3-7(12)10(8)13/h3-4,14H,5H2,1-2H3. The first-order valence-electron chi connectivity index (χ1n) is 4.50. The van der Waals surface area contributed by atoms with Crippen LogP contribution >= 0.6 is 0 Å². The number of amides is 1. The van der Waals surface area contributed by atoms with E-state index < -0.39 is 17.5 Å². The maximum absolute atomic E-state index is 13.1. The molecule has 1 aromatic carbocycles. The second-order valence-corrected chi connectivity index (χ2v) is 3.39. The van der Waals surface area contributed by atoms with Crippen molar-refractivity contribution in [2.75, 3.05) is 26.0 Å². The van der Waals surface area contributed by atoms with E-state index in [1.807, 2.05) is 0 Å². The van der Waals surface area contributed by atoms with E-state index in [0.717, 1.165) is 6.07 Å². The van der Waals surface area contributed by atoms with Crippen molar-refractivity contribution < 1.29 is 18.0 Å². The fourth-order valence-corrected chi connectivity index (χ4v) is 1.01. The molecular weight excluding hydrogens is 221 g/mol. The summed E-state index contributed by atoms with van der Waals surface area (Å²) in [5.74, 6) is -3.73. The van der Waals surface area contributed by atoms with Crippen molar-refractivity contribution in [3.05, 3.63) is 29.6 Å². The minimum absolute atomic E-state index is 0.229. The first-order chi connectivity index (χ1) is 7.41. The smallest absolute Gasteiger partial charge is 0.241 e. The van der Waals surface area contributed by atoms with Gasteiger partial charge in [0, 0.05) is 26.2 Å². The largest absolute Gasteiger partial charge is 0.374 e. The van der Waals surface area contributed by atoms with E-state index in [9.17, 15) is 18.0 Å². The average molecular weight is 232 g/mol. The number of likely N-dealkylation sites (N-methyl/N-ethyl adjacent to an activating group) is 1. The molecule has 0 unspecified atom stereocenters. The second kappa shape index (κ2) is 4.87. The van der Waals surface area contributed by atoms with Crippen LogP contribution in [0.3, 0.4) is 0 Å². The highest BCUT2D eigenvalue weighted by molar-refractivity contribution is 5.80. The van der Waals surface area contributed by atoms with Crippen LogP contribution in [0.2, 0.25) is 0 Å². The molecule has 16 heavy (non-hydrogen) atoms. The SMILES string of the molecule is CN(C)C(=O)CNc1cc(F)cc(F)c1F. The third-order valence-corrected chi connectivity index (χ3v) is 1.92. The van der Waals surface area contributed by atoms with Crippen LogP contribution in [0.1, 0.15) is 0 Å². The number of carbonyl (C=O) groups excluding carboxylic acids is 1. The number of benzene rings is 1. The van der Waals surface area contributed by atoms with Gasteiger partial charge in [0.25, 0.3) is 0 Å². The van der Waals surface area contributed by atoms with E-state index in [-0.39, 0.29) is 18.1 Å². The van der Waals surface area contributed by atoms with E-state index in [1.54, 1.807) is 0 Å². The fourth-order valence-electron chi connectivity index (χ4n) is 1.01. The number of rotatable bonds is 3. The van der Waals surface area contributed by atoms with Crippen LogP contribution in [-0.2, 0) is 4.79 Å². The topological polar surface area (TPSA) is 32.3 Å². The number of halogens is 3. The minimum atomic E-state index is -1.29. The lowest BCUT2D eigenvalue weighted by Gasteiger charge is -2.12. The molecule has 1 N–H and O–H groups in total. The predicted octanol–water partition coefficient (Wildman–Crippen LogP) is 1.60. The molecular formula is C10H11F3N2O. The Morgan fingerprint density at radius 2 is 1.94 bits per heavy atom. The number of hydrogen-bond acceptors (Lipinski definition) is 2. The van der Waals surface area contributed by atoms with E-state index in [1.165, 1.54) is 19.0 Å². The molecule has 0 heterocycles. The highest BCUT2D eigenvalue weighted by atomic mass is 19.2. The number of anilines is 1. The van der Waals surface area contributed by atoms with Gasteiger partial charge >= 0.3 is 0 Å². The maximum atomic E-state index is 13.1. The first kappa shape index (κ1) is 12.4. The van der Waals surface area contributed by atoms with Crippen LogP contribution in [0.25, 0.3) is 0 Å². The lowest BCUT2D eigenvalue weighted by atomic mass is 10.3. The third-order valence-electron chi connectivity index (χ3n) is 1.92. The van der Waals surface area contributed by atoms with Crippen LogP contribution in [0.4, 0.5) is 18.9 Å². The van der Waals surface area contributed by atoms with E-state index >= 15 is 0 Å². The molecule has 0 atom stereocenters. The summed E-state index contributed by atoms with van der Waals surface area (Å²) in [6, 6.07) is 1.23. The summed E-state index contributed by atoms with van der Waals surface area (Å²) >= 11 is 0. The molecule has 3 nitrogen and oxygen atoms in total. The van der Waals surface area contributed by atoms with Gasteiger partial charge in [-0.3, -0.25) is 4.79 Å². The quantitative estimate of drug-likeness (QED) is 0.803. The van der Waals surface area contributed by atoms with Gasteiger partial charge in [-0.15, -0.1) is 0 Å². The summed E-state index contributed by atoms with van der Waals surface area (Å²) in [7, 11) is 3.04. The normalized spacial score (nSPS) is 10.1. The van der Waals surface area contributed by atoms with Crippen molar-refractivity contribution in [3.63, 3.8) is 0 Å². The summed E-state index contributed by atoms with van der Waals surface area (Å²) < 4.78 is 38.6. The van der Waals surface area contributed by atoms with Gasteiger partial charge in [0.15, 0.2) is 11.6 Å². The van der Waals surface area contributed by atoms with Crippen molar-refractivity contribution in [3.8, 4) is 0 Å². The predicted molar refractivity (Wildman–Crippen MR) is 53.5 cm³/mol. The molecule has 1 amide bonds. The molecule has 0 aliphatic rings. The van der Waals surface area contributed by atoms with Gasteiger partial charge in [-0.2, -0.15) is 0 Å². The third kappa shape index (κ3) is 2.88. The monoisotopic (exact) mass is 232 g/mol. The van der Waals surface area contributed by atoms with Gasteiger partial charge in [0.2, 0.25) is 5.91 Å². The van der Waals surface area contributed by atoms with Crippen LogP contribution in [0.15, 0.2) is 12.1 Å². The maximum Gasteiger partial charge on any atom is 0.241 e. The molecule has 0 saturated carbocycles. The van der Waals surface area contributed by atoms with Crippen molar-refractivity contribution in [2.24, 2.45) is 0 Å². The van der Waals surface area contributed by atoms with E-state index in [2.05, 4.69) is 5.32 Å². The minimum Gasteiger partial charge on any atom is -0.374 e. The molecule has 1 aromatic rings. The van der Waals surface area contributed by atoms with Gasteiger partial charge in [-0.05, 0) is 0 Å². The molecule has 0 aliphatic heterocycles. The number of hydrogen-bond donors (Lipinski definition) is 1. The molecule has 0 aromatic heterocycles. The Kier molecular flexibility index (Phi) is 3.76. The Hall–Kier alpha value is -1.72. The van der Waals surface area contributed by atoms with E-state index in [0.29, 0.717) is 6.07 Å². The molecule has 1 rings (SSSR count). The Balaban J connectivity index is 2.78. The van der Waals surface area contributed by atoms with Crippen molar-refractivity contribution in [2.45, 2.75) is 0 Å². The molecule has 88 valence electrons. The summed E-state index contributed by atoms with van der Waals surface area (Å²) in [5.41, 5.74) is -0.368. The van der Waals surface area contributed by atoms with Gasteiger partial charge in [0.1, 0.15) is 5.82 Å². The van der Waals surface area contributed by atoms with Crippen LogP contribution in [0.5, 0.6) is 0 Å². The zero-order chi connectivity index (χ0) is 12.3. The van der Waals surface area contributed by atoms with E-state index in [4.69, 9.17) is 0 Å². The van der Waals surface area contributed by atoms with Gasteiger partial charge < -0.3 is 10.2 Å². The Bertz CT molecular complexity index is 407.